The van der Waals surface area contributed by atoms with Crippen molar-refractivity contribution in [2.24, 2.45) is 0 Å². The van der Waals surface area contributed by atoms with Crippen LogP contribution in [0.4, 0.5) is 0 Å². The molecule has 0 aliphatic carbocycles. The summed E-state index contributed by atoms with van der Waals surface area (Å²) in [6.07, 6.45) is 6.10. The minimum absolute atomic E-state index is 0.767. The Labute approximate surface area is 298 Å². The van der Waals surface area contributed by atoms with Crippen molar-refractivity contribution >= 4 is 99.2 Å². The van der Waals surface area contributed by atoms with Gasteiger partial charge in [0.25, 0.3) is 0 Å². The number of fused-ring (bicyclic) bond motifs is 16. The van der Waals surface area contributed by atoms with E-state index >= 15 is 0 Å². The van der Waals surface area contributed by atoms with E-state index in [0.717, 1.165) is 72.1 Å². The van der Waals surface area contributed by atoms with Crippen LogP contribution in [0.15, 0.2) is 161 Å². The van der Waals surface area contributed by atoms with Gasteiger partial charge in [0.05, 0.1) is 11.0 Å². The summed E-state index contributed by atoms with van der Waals surface area (Å²) < 4.78 is 15.7. The molecule has 3 aromatic heterocycles. The SMILES string of the molecule is C=Cc1oc2c(c1/C=C\C)c1c3ccccc3c3ccccc3c1c1c3ccccc3n(-c3cccc(-c4ccc5c(c4)oc4ccccc45)c3)c21. The first-order chi connectivity index (χ1) is 25.7. The van der Waals surface area contributed by atoms with Crippen molar-refractivity contribution in [3.8, 4) is 16.8 Å². The zero-order chi connectivity index (χ0) is 34.5. The Hall–Kier alpha value is -6.84. The lowest BCUT2D eigenvalue weighted by atomic mass is 9.88. The normalized spacial score (nSPS) is 12.3. The molecule has 0 atom stereocenters. The van der Waals surface area contributed by atoms with Gasteiger partial charge in [-0.05, 0) is 82.1 Å². The zero-order valence-corrected chi connectivity index (χ0v) is 28.5. The molecule has 0 saturated carbocycles. The molecule has 3 heteroatoms. The van der Waals surface area contributed by atoms with Crippen molar-refractivity contribution in [1.29, 1.82) is 0 Å². The first kappa shape index (κ1) is 28.9. The highest BCUT2D eigenvalue weighted by atomic mass is 16.3. The average molecular weight is 666 g/mol. The van der Waals surface area contributed by atoms with Crippen LogP contribution in [0.1, 0.15) is 18.2 Å². The summed E-state index contributed by atoms with van der Waals surface area (Å²) in [7, 11) is 0. The Bertz CT molecular complexity index is 3330. The fraction of sp³-hybridized carbons (Fsp3) is 0.0204. The van der Waals surface area contributed by atoms with Gasteiger partial charge in [0.2, 0.25) is 0 Å². The van der Waals surface area contributed by atoms with E-state index < -0.39 is 0 Å². The van der Waals surface area contributed by atoms with E-state index in [1.165, 1.54) is 43.1 Å². The third-order valence-electron chi connectivity index (χ3n) is 10.8. The highest BCUT2D eigenvalue weighted by Gasteiger charge is 2.26. The van der Waals surface area contributed by atoms with Crippen molar-refractivity contribution < 1.29 is 8.83 Å². The number of nitrogens with zero attached hydrogens (tertiary/aromatic N) is 1. The van der Waals surface area contributed by atoms with Crippen LogP contribution in [0.5, 0.6) is 0 Å². The van der Waals surface area contributed by atoms with E-state index in [4.69, 9.17) is 8.83 Å². The van der Waals surface area contributed by atoms with Crippen molar-refractivity contribution in [2.45, 2.75) is 6.92 Å². The van der Waals surface area contributed by atoms with E-state index in [9.17, 15) is 0 Å². The van der Waals surface area contributed by atoms with E-state index in [1.807, 2.05) is 18.2 Å². The number of furan rings is 2. The molecule has 0 radical (unpaired) electrons. The van der Waals surface area contributed by atoms with Gasteiger partial charge in [0, 0.05) is 49.0 Å². The molecule has 0 bridgehead atoms. The number of allylic oxidation sites excluding steroid dienone is 1. The van der Waals surface area contributed by atoms with Crippen molar-refractivity contribution in [3.05, 3.63) is 164 Å². The summed E-state index contributed by atoms with van der Waals surface area (Å²) in [5.41, 5.74) is 9.14. The highest BCUT2D eigenvalue weighted by molar-refractivity contribution is 6.43. The molecule has 11 rings (SSSR count). The molecule has 0 unspecified atom stereocenters. The minimum atomic E-state index is 0.767. The predicted octanol–water partition coefficient (Wildman–Crippen LogP) is 14.2. The van der Waals surface area contributed by atoms with Gasteiger partial charge in [0.15, 0.2) is 5.58 Å². The average Bonchev–Trinajstić information content (AvgIpc) is 3.87. The molecular formula is C49H31NO2. The second-order valence-corrected chi connectivity index (χ2v) is 13.6. The molecule has 0 amide bonds. The molecule has 0 N–H and O–H groups in total. The smallest absolute Gasteiger partial charge is 0.160 e. The number of hydrogen-bond donors (Lipinski definition) is 0. The number of para-hydroxylation sites is 2. The molecule has 0 aliphatic rings. The molecule has 0 spiro atoms. The maximum atomic E-state index is 6.96. The fourth-order valence-electron chi connectivity index (χ4n) is 8.73. The van der Waals surface area contributed by atoms with Gasteiger partial charge < -0.3 is 13.4 Å². The summed E-state index contributed by atoms with van der Waals surface area (Å²) in [4.78, 5) is 0. The second kappa shape index (κ2) is 10.8. The molecule has 3 nitrogen and oxygen atoms in total. The van der Waals surface area contributed by atoms with Crippen LogP contribution in [-0.2, 0) is 0 Å². The second-order valence-electron chi connectivity index (χ2n) is 13.6. The van der Waals surface area contributed by atoms with E-state index in [1.54, 1.807) is 0 Å². The Morgan fingerprint density at radius 3 is 1.90 bits per heavy atom. The van der Waals surface area contributed by atoms with Gasteiger partial charge in [-0.1, -0.05) is 122 Å². The van der Waals surface area contributed by atoms with Gasteiger partial charge in [-0.2, -0.15) is 0 Å². The lowest BCUT2D eigenvalue weighted by molar-refractivity contribution is 0.605. The van der Waals surface area contributed by atoms with Gasteiger partial charge >= 0.3 is 0 Å². The van der Waals surface area contributed by atoms with E-state index in [-0.39, 0.29) is 0 Å². The van der Waals surface area contributed by atoms with Gasteiger partial charge in [-0.25, -0.2) is 0 Å². The minimum Gasteiger partial charge on any atom is -0.456 e. The van der Waals surface area contributed by atoms with Gasteiger partial charge in [-0.3, -0.25) is 0 Å². The molecule has 8 aromatic carbocycles. The first-order valence-corrected chi connectivity index (χ1v) is 17.8. The summed E-state index contributed by atoms with van der Waals surface area (Å²) in [5, 5.41) is 13.1. The molecular weight excluding hydrogens is 635 g/mol. The summed E-state index contributed by atoms with van der Waals surface area (Å²) in [6.45, 7) is 6.26. The van der Waals surface area contributed by atoms with Gasteiger partial charge in [-0.15, -0.1) is 0 Å². The van der Waals surface area contributed by atoms with E-state index in [0.29, 0.717) is 0 Å². The molecule has 244 valence electrons. The van der Waals surface area contributed by atoms with Crippen LogP contribution < -0.4 is 0 Å². The lowest BCUT2D eigenvalue weighted by Gasteiger charge is -2.15. The third-order valence-corrected chi connectivity index (χ3v) is 10.8. The molecule has 52 heavy (non-hydrogen) atoms. The molecule has 0 fully saturated rings. The Balaban J connectivity index is 1.31. The van der Waals surface area contributed by atoms with Crippen molar-refractivity contribution in [2.75, 3.05) is 0 Å². The summed E-state index contributed by atoms with van der Waals surface area (Å²) in [5.74, 6) is 0.767. The first-order valence-electron chi connectivity index (χ1n) is 17.8. The highest BCUT2D eigenvalue weighted by Crippen LogP contribution is 2.50. The van der Waals surface area contributed by atoms with Crippen molar-refractivity contribution in [1.82, 2.24) is 4.57 Å². The quantitative estimate of drug-likeness (QED) is 0.175. The van der Waals surface area contributed by atoms with Gasteiger partial charge in [0.1, 0.15) is 16.9 Å². The number of benzene rings is 8. The van der Waals surface area contributed by atoms with Crippen molar-refractivity contribution in [3.63, 3.8) is 0 Å². The predicted molar refractivity (Wildman–Crippen MR) is 221 cm³/mol. The molecule has 0 saturated heterocycles. The van der Waals surface area contributed by atoms with E-state index in [2.05, 4.69) is 158 Å². The van der Waals surface area contributed by atoms with Crippen LogP contribution in [0, 0.1) is 0 Å². The fourth-order valence-corrected chi connectivity index (χ4v) is 8.73. The maximum absolute atomic E-state index is 6.96. The number of hydrogen-bond acceptors (Lipinski definition) is 2. The van der Waals surface area contributed by atoms with Crippen LogP contribution in [0.2, 0.25) is 0 Å². The summed E-state index contributed by atoms with van der Waals surface area (Å²) in [6, 6.07) is 50.0. The monoisotopic (exact) mass is 665 g/mol. The maximum Gasteiger partial charge on any atom is 0.160 e. The number of rotatable bonds is 4. The Kier molecular flexibility index (Phi) is 6.03. The zero-order valence-electron chi connectivity index (χ0n) is 28.5. The van der Waals surface area contributed by atoms with Crippen LogP contribution in [-0.4, -0.2) is 4.57 Å². The van der Waals surface area contributed by atoms with Crippen LogP contribution in [0.3, 0.4) is 0 Å². The Morgan fingerprint density at radius 1 is 0.519 bits per heavy atom. The van der Waals surface area contributed by atoms with Crippen LogP contribution >= 0.6 is 0 Å². The number of aromatic nitrogens is 1. The summed E-state index contributed by atoms with van der Waals surface area (Å²) >= 11 is 0. The Morgan fingerprint density at radius 2 is 1.15 bits per heavy atom. The largest absolute Gasteiger partial charge is 0.456 e. The lowest BCUT2D eigenvalue weighted by Crippen LogP contribution is -1.95. The topological polar surface area (TPSA) is 31.2 Å². The molecule has 0 aliphatic heterocycles. The molecule has 11 aromatic rings. The third kappa shape index (κ3) is 3.85. The standard InChI is InChI=1S/C49H31NO2/c1-3-14-39-41(4-2)52-49-47(39)45-37-21-8-6-18-33(37)32-17-5-7-20-36(32)44(45)46-38-22-9-11-23-40(38)50(48(46)49)31-16-13-15-29(27-31)30-25-26-35-34-19-10-12-24-42(34)51-43(35)28-30/h3-28H,2H2,1H3/b14-3-. The van der Waals surface area contributed by atoms with Crippen LogP contribution in [0.25, 0.3) is 116 Å². The molecule has 3 heterocycles.